The lowest BCUT2D eigenvalue weighted by atomic mass is 10.0. The van der Waals surface area contributed by atoms with Crippen LogP contribution in [0, 0.1) is 0 Å². The van der Waals surface area contributed by atoms with Gasteiger partial charge in [0, 0.05) is 30.2 Å². The maximum Gasteiger partial charge on any atom is 0.343 e. The van der Waals surface area contributed by atoms with Gasteiger partial charge in [0.25, 0.3) is 0 Å². The molecule has 186 valence electrons. The lowest BCUT2D eigenvalue weighted by Gasteiger charge is -2.30. The average Bonchev–Trinajstić information content (AvgIpc) is 2.82. The Kier molecular flexibility index (Phi) is 13.3. The molecule has 7 nitrogen and oxygen atoms in total. The van der Waals surface area contributed by atoms with Crippen LogP contribution in [0.15, 0.2) is 60.7 Å². The topological polar surface area (TPSA) is 85.3 Å². The number of aliphatic hydroxyl groups excluding tert-OH is 1. The second kappa shape index (κ2) is 15.3. The number of ether oxygens (including phenoxy) is 3. The Morgan fingerprint density at radius 3 is 2.44 bits per heavy atom. The third-order valence-corrected chi connectivity index (χ3v) is 5.33. The van der Waals surface area contributed by atoms with Crippen molar-refractivity contribution in [3.8, 4) is 5.75 Å². The number of benzene rings is 2. The molecule has 0 aliphatic carbocycles. The highest BCUT2D eigenvalue weighted by atomic mass is 35.5. The summed E-state index contributed by atoms with van der Waals surface area (Å²) in [5.41, 5.74) is 1.79. The number of carbonyl (C=O) groups is 2. The molecule has 0 aromatic heterocycles. The molecule has 0 radical (unpaired) electrons. The first-order valence-electron chi connectivity index (χ1n) is 10.5. The van der Waals surface area contributed by atoms with E-state index in [-0.39, 0.29) is 25.1 Å². The van der Waals surface area contributed by atoms with E-state index in [1.54, 1.807) is 36.4 Å². The quantitative estimate of drug-likeness (QED) is 0.340. The number of halogens is 2. The Morgan fingerprint density at radius 2 is 1.82 bits per heavy atom. The van der Waals surface area contributed by atoms with Crippen molar-refractivity contribution in [1.29, 1.82) is 0 Å². The first kappa shape index (κ1) is 29.5. The SMILES string of the molecule is COC(=O)/C=C/CN(C[C@@H](O)c1cccc(Cl)c1)C(C)Cc1ccc(OCC(=O)OC)cc1.Cl. The minimum atomic E-state index is -0.744. The maximum absolute atomic E-state index is 11.4. The van der Waals surface area contributed by atoms with Crippen molar-refractivity contribution in [2.24, 2.45) is 0 Å². The van der Waals surface area contributed by atoms with Crippen molar-refractivity contribution in [3.63, 3.8) is 0 Å². The van der Waals surface area contributed by atoms with Gasteiger partial charge in [-0.15, -0.1) is 12.4 Å². The largest absolute Gasteiger partial charge is 0.482 e. The summed E-state index contributed by atoms with van der Waals surface area (Å²) in [7, 11) is 2.64. The van der Waals surface area contributed by atoms with Crippen LogP contribution in [0.4, 0.5) is 0 Å². The summed E-state index contributed by atoms with van der Waals surface area (Å²) < 4.78 is 14.6. The summed E-state index contributed by atoms with van der Waals surface area (Å²) >= 11 is 6.07. The van der Waals surface area contributed by atoms with E-state index in [1.807, 2.05) is 18.2 Å². The summed E-state index contributed by atoms with van der Waals surface area (Å²) in [5, 5.41) is 11.3. The summed E-state index contributed by atoms with van der Waals surface area (Å²) in [6, 6.07) is 14.6. The summed E-state index contributed by atoms with van der Waals surface area (Å²) in [5.74, 6) is -0.298. The van der Waals surface area contributed by atoms with Crippen molar-refractivity contribution in [2.75, 3.05) is 33.9 Å². The Hall–Kier alpha value is -2.58. The number of methoxy groups -OCH3 is 2. The van der Waals surface area contributed by atoms with Crippen LogP contribution in [0.1, 0.15) is 24.2 Å². The first-order valence-corrected chi connectivity index (χ1v) is 10.9. The minimum Gasteiger partial charge on any atom is -0.482 e. The molecule has 2 atom stereocenters. The second-order valence-corrected chi connectivity index (χ2v) is 7.95. The van der Waals surface area contributed by atoms with Gasteiger partial charge in [0.2, 0.25) is 0 Å². The van der Waals surface area contributed by atoms with Crippen LogP contribution >= 0.6 is 24.0 Å². The van der Waals surface area contributed by atoms with E-state index in [0.717, 1.165) is 11.1 Å². The third-order valence-electron chi connectivity index (χ3n) is 5.10. The van der Waals surface area contributed by atoms with Gasteiger partial charge in [-0.1, -0.05) is 41.9 Å². The van der Waals surface area contributed by atoms with Gasteiger partial charge in [0.15, 0.2) is 6.61 Å². The number of rotatable bonds is 12. The molecule has 2 aromatic carbocycles. The molecule has 0 saturated carbocycles. The molecule has 2 rings (SSSR count). The highest BCUT2D eigenvalue weighted by molar-refractivity contribution is 6.30. The molecule has 0 saturated heterocycles. The number of hydrogen-bond donors (Lipinski definition) is 1. The van der Waals surface area contributed by atoms with Crippen molar-refractivity contribution in [2.45, 2.75) is 25.5 Å². The number of nitrogens with zero attached hydrogens (tertiary/aromatic N) is 1. The van der Waals surface area contributed by atoms with Crippen LogP contribution in [0.25, 0.3) is 0 Å². The first-order chi connectivity index (χ1) is 15.8. The van der Waals surface area contributed by atoms with Crippen LogP contribution < -0.4 is 4.74 Å². The fraction of sp³-hybridized carbons (Fsp3) is 0.360. The molecular weight excluding hydrogens is 481 g/mol. The van der Waals surface area contributed by atoms with Gasteiger partial charge in [-0.2, -0.15) is 0 Å². The number of carbonyl (C=O) groups excluding carboxylic acids is 2. The molecule has 9 heteroatoms. The standard InChI is InChI=1S/C25H30ClNO6.ClH/c1-18(14-19-9-11-22(12-10-19)33-17-25(30)32-3)27(13-5-8-24(29)31-2)16-23(28)20-6-4-7-21(26)15-20;/h4-12,15,18,23,28H,13-14,16-17H2,1-3H3;1H/b8-5+;/t18?,23-;/m1./s1. The van der Waals surface area contributed by atoms with Gasteiger partial charge in [-0.3, -0.25) is 4.90 Å². The summed E-state index contributed by atoms with van der Waals surface area (Å²) in [4.78, 5) is 24.7. The van der Waals surface area contributed by atoms with Crippen LogP contribution in [-0.4, -0.2) is 61.9 Å². The summed E-state index contributed by atoms with van der Waals surface area (Å²) in [6.45, 7) is 2.72. The number of aliphatic hydroxyl groups is 1. The molecule has 1 unspecified atom stereocenters. The monoisotopic (exact) mass is 511 g/mol. The van der Waals surface area contributed by atoms with Crippen LogP contribution in [0.3, 0.4) is 0 Å². The van der Waals surface area contributed by atoms with E-state index < -0.39 is 18.0 Å². The highest BCUT2D eigenvalue weighted by Crippen LogP contribution is 2.21. The van der Waals surface area contributed by atoms with E-state index in [0.29, 0.717) is 30.3 Å². The highest BCUT2D eigenvalue weighted by Gasteiger charge is 2.19. The van der Waals surface area contributed by atoms with E-state index in [9.17, 15) is 14.7 Å². The number of esters is 2. The van der Waals surface area contributed by atoms with Gasteiger partial charge in [-0.25, -0.2) is 9.59 Å². The van der Waals surface area contributed by atoms with E-state index in [4.69, 9.17) is 16.3 Å². The van der Waals surface area contributed by atoms with Gasteiger partial charge < -0.3 is 19.3 Å². The Balaban J connectivity index is 0.00000578. The molecule has 2 aromatic rings. The molecule has 0 aliphatic rings. The average molecular weight is 512 g/mol. The number of hydrogen-bond acceptors (Lipinski definition) is 7. The van der Waals surface area contributed by atoms with Gasteiger partial charge in [0.05, 0.1) is 20.3 Å². The molecule has 1 N–H and O–H groups in total. The Labute approximate surface area is 211 Å². The fourth-order valence-corrected chi connectivity index (χ4v) is 3.42. The van der Waals surface area contributed by atoms with Gasteiger partial charge in [0.1, 0.15) is 5.75 Å². The molecule has 34 heavy (non-hydrogen) atoms. The predicted molar refractivity (Wildman–Crippen MR) is 134 cm³/mol. The predicted octanol–water partition coefficient (Wildman–Crippen LogP) is 4.01. The van der Waals surface area contributed by atoms with Gasteiger partial charge >= 0.3 is 11.9 Å². The smallest absolute Gasteiger partial charge is 0.343 e. The Morgan fingerprint density at radius 1 is 1.12 bits per heavy atom. The van der Waals surface area contributed by atoms with Crippen molar-refractivity contribution in [3.05, 3.63) is 76.8 Å². The van der Waals surface area contributed by atoms with E-state index in [1.165, 1.54) is 20.3 Å². The van der Waals surface area contributed by atoms with Crippen LogP contribution in [0.5, 0.6) is 5.75 Å². The molecule has 0 aliphatic heterocycles. The fourth-order valence-electron chi connectivity index (χ4n) is 3.22. The minimum absolute atomic E-state index is 0. The van der Waals surface area contributed by atoms with E-state index >= 15 is 0 Å². The van der Waals surface area contributed by atoms with Gasteiger partial charge in [-0.05, 0) is 48.7 Å². The molecule has 0 fully saturated rings. The normalized spacial score (nSPS) is 12.6. The zero-order chi connectivity index (χ0) is 24.2. The second-order valence-electron chi connectivity index (χ2n) is 7.51. The maximum atomic E-state index is 11.4. The lowest BCUT2D eigenvalue weighted by molar-refractivity contribution is -0.143. The molecule has 0 heterocycles. The van der Waals surface area contributed by atoms with Crippen molar-refractivity contribution in [1.82, 2.24) is 4.90 Å². The van der Waals surface area contributed by atoms with Crippen molar-refractivity contribution < 1.29 is 28.9 Å². The molecule has 0 spiro atoms. The molecule has 0 amide bonds. The van der Waals surface area contributed by atoms with E-state index in [2.05, 4.69) is 21.3 Å². The van der Waals surface area contributed by atoms with Crippen molar-refractivity contribution >= 4 is 35.9 Å². The zero-order valence-corrected chi connectivity index (χ0v) is 21.1. The molecular formula is C25H31Cl2NO6. The summed E-state index contributed by atoms with van der Waals surface area (Å²) in [6.07, 6.45) is 3.05. The lowest BCUT2D eigenvalue weighted by Crippen LogP contribution is -2.38. The Bertz CT molecular complexity index is 935. The third kappa shape index (κ3) is 10.1. The van der Waals surface area contributed by atoms with Crippen LogP contribution in [-0.2, 0) is 25.5 Å². The van der Waals surface area contributed by atoms with Crippen LogP contribution in [0.2, 0.25) is 5.02 Å². The molecule has 0 bridgehead atoms. The zero-order valence-electron chi connectivity index (χ0n) is 19.5.